The third kappa shape index (κ3) is 4.97. The third-order valence-electron chi connectivity index (χ3n) is 1.57. The zero-order valence-electron chi connectivity index (χ0n) is 9.15. The molecule has 1 heterocycles. The Morgan fingerprint density at radius 3 is 2.81 bits per heavy atom. The van der Waals surface area contributed by atoms with E-state index in [4.69, 9.17) is 10.9 Å². The van der Waals surface area contributed by atoms with E-state index in [0.717, 1.165) is 0 Å². The van der Waals surface area contributed by atoms with Crippen LogP contribution in [0.2, 0.25) is 0 Å². The summed E-state index contributed by atoms with van der Waals surface area (Å²) < 4.78 is 4.82. The van der Waals surface area contributed by atoms with Crippen LogP contribution < -0.4 is 10.6 Å². The topological polar surface area (TPSA) is 75.3 Å². The highest BCUT2D eigenvalue weighted by molar-refractivity contribution is 14.0. The summed E-state index contributed by atoms with van der Waals surface area (Å²) in [5.74, 6) is 4.18. The van der Waals surface area contributed by atoms with E-state index in [2.05, 4.69) is 31.7 Å². The van der Waals surface area contributed by atoms with Crippen molar-refractivity contribution in [1.82, 2.24) is 20.8 Å². The third-order valence-corrected chi connectivity index (χ3v) is 1.57. The van der Waals surface area contributed by atoms with E-state index in [1.807, 2.05) is 0 Å². The Morgan fingerprint density at radius 1 is 1.56 bits per heavy atom. The highest BCUT2D eigenvalue weighted by Crippen LogP contribution is 1.93. The van der Waals surface area contributed by atoms with Gasteiger partial charge in [-0.2, -0.15) is 4.98 Å². The van der Waals surface area contributed by atoms with Gasteiger partial charge < -0.3 is 15.2 Å². The van der Waals surface area contributed by atoms with Crippen molar-refractivity contribution in [2.45, 2.75) is 13.5 Å². The lowest BCUT2D eigenvalue weighted by Gasteiger charge is -2.06. The molecule has 0 aliphatic rings. The SMILES string of the molecule is C#CCNC(=NC)NCc1noc(C)n1.I. The predicted molar refractivity (Wildman–Crippen MR) is 71.5 cm³/mol. The number of terminal acetylenes is 1. The van der Waals surface area contributed by atoms with Gasteiger partial charge in [-0.3, -0.25) is 4.99 Å². The van der Waals surface area contributed by atoms with Crippen LogP contribution in [0.5, 0.6) is 0 Å². The lowest BCUT2D eigenvalue weighted by molar-refractivity contribution is 0.387. The summed E-state index contributed by atoms with van der Waals surface area (Å²) in [7, 11) is 1.66. The van der Waals surface area contributed by atoms with E-state index in [9.17, 15) is 0 Å². The van der Waals surface area contributed by atoms with Gasteiger partial charge in [0.1, 0.15) is 0 Å². The maximum Gasteiger partial charge on any atom is 0.223 e. The molecule has 2 N–H and O–H groups in total. The minimum absolute atomic E-state index is 0. The lowest BCUT2D eigenvalue weighted by Crippen LogP contribution is -2.37. The van der Waals surface area contributed by atoms with Crippen molar-refractivity contribution in [3.05, 3.63) is 11.7 Å². The first-order chi connectivity index (χ1) is 7.26. The van der Waals surface area contributed by atoms with Crippen molar-refractivity contribution in [2.75, 3.05) is 13.6 Å². The Bertz CT molecular complexity index is 381. The predicted octanol–water partition coefficient (Wildman–Crippen LogP) is 0.294. The Hall–Kier alpha value is -1.30. The molecule has 0 saturated carbocycles. The number of aryl methyl sites for hydroxylation is 1. The second kappa shape index (κ2) is 7.92. The molecule has 0 fully saturated rings. The molecular weight excluding hydrogens is 321 g/mol. The van der Waals surface area contributed by atoms with Gasteiger partial charge in [0, 0.05) is 14.0 Å². The molecule has 1 aromatic rings. The molecule has 0 aromatic carbocycles. The van der Waals surface area contributed by atoms with Crippen LogP contribution in [0, 0.1) is 19.3 Å². The fraction of sp³-hybridized carbons (Fsp3) is 0.444. The molecule has 0 bridgehead atoms. The minimum atomic E-state index is 0. The molecule has 0 unspecified atom stereocenters. The first-order valence-electron chi connectivity index (χ1n) is 4.43. The smallest absolute Gasteiger partial charge is 0.223 e. The van der Waals surface area contributed by atoms with Gasteiger partial charge in [0.2, 0.25) is 5.89 Å². The summed E-state index contributed by atoms with van der Waals surface area (Å²) >= 11 is 0. The van der Waals surface area contributed by atoms with Gasteiger partial charge in [0.05, 0.1) is 13.1 Å². The van der Waals surface area contributed by atoms with Gasteiger partial charge in [0.15, 0.2) is 11.8 Å². The molecule has 0 amide bonds. The zero-order valence-corrected chi connectivity index (χ0v) is 11.5. The molecule has 88 valence electrons. The van der Waals surface area contributed by atoms with Crippen LogP contribution in [0.4, 0.5) is 0 Å². The summed E-state index contributed by atoms with van der Waals surface area (Å²) in [4.78, 5) is 7.99. The van der Waals surface area contributed by atoms with E-state index < -0.39 is 0 Å². The summed E-state index contributed by atoms with van der Waals surface area (Å²) in [5, 5.41) is 9.64. The minimum Gasteiger partial charge on any atom is -0.349 e. The van der Waals surface area contributed by atoms with Gasteiger partial charge in [-0.25, -0.2) is 0 Å². The first-order valence-corrected chi connectivity index (χ1v) is 4.43. The summed E-state index contributed by atoms with van der Waals surface area (Å²) in [5.41, 5.74) is 0. The zero-order chi connectivity index (χ0) is 11.1. The van der Waals surface area contributed by atoms with Gasteiger partial charge in [0.25, 0.3) is 0 Å². The van der Waals surface area contributed by atoms with E-state index in [-0.39, 0.29) is 24.0 Å². The highest BCUT2D eigenvalue weighted by Gasteiger charge is 2.02. The molecule has 1 rings (SSSR count). The number of aliphatic imine (C=N–C) groups is 1. The van der Waals surface area contributed by atoms with Gasteiger partial charge in [-0.1, -0.05) is 11.1 Å². The fourth-order valence-electron chi connectivity index (χ4n) is 0.931. The monoisotopic (exact) mass is 335 g/mol. The van der Waals surface area contributed by atoms with E-state index in [1.54, 1.807) is 14.0 Å². The number of nitrogens with zero attached hydrogens (tertiary/aromatic N) is 3. The fourth-order valence-corrected chi connectivity index (χ4v) is 0.931. The van der Waals surface area contributed by atoms with Crippen LogP contribution in [0.3, 0.4) is 0 Å². The van der Waals surface area contributed by atoms with Gasteiger partial charge >= 0.3 is 0 Å². The molecule has 0 spiro atoms. The second-order valence-corrected chi connectivity index (χ2v) is 2.71. The molecule has 0 aliphatic carbocycles. The van der Waals surface area contributed by atoms with E-state index in [0.29, 0.717) is 30.8 Å². The largest absolute Gasteiger partial charge is 0.349 e. The van der Waals surface area contributed by atoms with E-state index in [1.165, 1.54) is 0 Å². The average molecular weight is 335 g/mol. The molecule has 0 aliphatic heterocycles. The van der Waals surface area contributed by atoms with E-state index >= 15 is 0 Å². The first kappa shape index (κ1) is 14.7. The maximum absolute atomic E-state index is 5.11. The number of hydrogen-bond acceptors (Lipinski definition) is 4. The molecule has 7 heteroatoms. The molecule has 16 heavy (non-hydrogen) atoms. The second-order valence-electron chi connectivity index (χ2n) is 2.71. The van der Waals surface area contributed by atoms with Crippen LogP contribution in [-0.2, 0) is 6.54 Å². The normalized spacial score (nSPS) is 10.2. The maximum atomic E-state index is 5.11. The van der Waals surface area contributed by atoms with Crippen LogP contribution >= 0.6 is 24.0 Å². The molecule has 0 radical (unpaired) electrons. The number of guanidine groups is 1. The van der Waals surface area contributed by atoms with Crippen molar-refractivity contribution in [3.63, 3.8) is 0 Å². The number of rotatable bonds is 3. The lowest BCUT2D eigenvalue weighted by atomic mass is 10.6. The van der Waals surface area contributed by atoms with Crippen LogP contribution in [-0.4, -0.2) is 29.7 Å². The van der Waals surface area contributed by atoms with Crippen molar-refractivity contribution >= 4 is 29.9 Å². The van der Waals surface area contributed by atoms with Crippen molar-refractivity contribution in [1.29, 1.82) is 0 Å². The van der Waals surface area contributed by atoms with Crippen molar-refractivity contribution in [2.24, 2.45) is 4.99 Å². The molecule has 6 nitrogen and oxygen atoms in total. The average Bonchev–Trinajstić information content (AvgIpc) is 2.65. The van der Waals surface area contributed by atoms with Crippen LogP contribution in [0.1, 0.15) is 11.7 Å². The number of nitrogens with one attached hydrogen (secondary N) is 2. The van der Waals surface area contributed by atoms with Crippen LogP contribution in [0.25, 0.3) is 0 Å². The Morgan fingerprint density at radius 2 is 2.31 bits per heavy atom. The Balaban J connectivity index is 0.00000225. The van der Waals surface area contributed by atoms with Gasteiger partial charge in [-0.15, -0.1) is 30.4 Å². The molecule has 0 atom stereocenters. The number of hydrogen-bond donors (Lipinski definition) is 2. The Labute approximate surface area is 111 Å². The summed E-state index contributed by atoms with van der Waals surface area (Å²) in [6.07, 6.45) is 5.11. The van der Waals surface area contributed by atoms with Crippen molar-refractivity contribution in [3.8, 4) is 12.3 Å². The Kier molecular flexibility index (Phi) is 7.28. The molecule has 1 aromatic heterocycles. The van der Waals surface area contributed by atoms with Crippen molar-refractivity contribution < 1.29 is 4.52 Å². The molecule has 0 saturated heterocycles. The highest BCUT2D eigenvalue weighted by atomic mass is 127. The van der Waals surface area contributed by atoms with Crippen LogP contribution in [0.15, 0.2) is 9.52 Å². The summed E-state index contributed by atoms with van der Waals surface area (Å²) in [6, 6.07) is 0. The summed E-state index contributed by atoms with van der Waals surface area (Å²) in [6.45, 7) is 2.61. The number of aromatic nitrogens is 2. The quantitative estimate of drug-likeness (QED) is 0.360. The van der Waals surface area contributed by atoms with Gasteiger partial charge in [-0.05, 0) is 0 Å². The standard InChI is InChI=1S/C9H13N5O.HI/c1-4-5-11-9(10-3)12-6-8-13-7(2)15-14-8;/h1H,5-6H2,2-3H3,(H2,10,11,12);1H. The number of halogens is 1. The molecular formula is C9H14IN5O.